The number of carbonyl (C=O) groups is 2. The van der Waals surface area contributed by atoms with Gasteiger partial charge in [0.2, 0.25) is 5.91 Å². The Hall–Kier alpha value is -1.88. The van der Waals surface area contributed by atoms with Gasteiger partial charge in [0.05, 0.1) is 6.04 Å². The second-order valence-electron chi connectivity index (χ2n) is 6.61. The molecule has 2 N–H and O–H groups in total. The summed E-state index contributed by atoms with van der Waals surface area (Å²) in [5, 5.41) is 5.39. The molecule has 1 unspecified atom stereocenters. The number of hydrogen-bond donors (Lipinski definition) is 2. The highest BCUT2D eigenvalue weighted by Crippen LogP contribution is 2.20. The molecule has 124 valence electrons. The van der Waals surface area contributed by atoms with E-state index in [4.69, 9.17) is 0 Å². The van der Waals surface area contributed by atoms with E-state index in [-0.39, 0.29) is 24.0 Å². The molecule has 23 heavy (non-hydrogen) atoms. The van der Waals surface area contributed by atoms with E-state index in [1.165, 1.54) is 11.1 Å². The van der Waals surface area contributed by atoms with Crippen molar-refractivity contribution in [1.29, 1.82) is 0 Å². The fraction of sp³-hybridized carbons (Fsp3) is 0.556. The maximum atomic E-state index is 12.3. The summed E-state index contributed by atoms with van der Waals surface area (Å²) >= 11 is 0. The molecule has 1 aliphatic carbocycles. The SMILES string of the molecule is CC(C(=O)NC(=O)NC1CCCC1)N1CCc2ccccc2C1. The van der Waals surface area contributed by atoms with E-state index in [0.717, 1.165) is 45.2 Å². The van der Waals surface area contributed by atoms with Gasteiger partial charge < -0.3 is 5.32 Å². The van der Waals surface area contributed by atoms with Crippen LogP contribution in [0.1, 0.15) is 43.7 Å². The fourth-order valence-electron chi connectivity index (χ4n) is 3.52. The second-order valence-corrected chi connectivity index (χ2v) is 6.61. The summed E-state index contributed by atoms with van der Waals surface area (Å²) in [6, 6.07) is 7.90. The van der Waals surface area contributed by atoms with Crippen LogP contribution in [0.4, 0.5) is 4.79 Å². The van der Waals surface area contributed by atoms with Gasteiger partial charge in [-0.25, -0.2) is 4.79 Å². The average molecular weight is 315 g/mol. The minimum absolute atomic E-state index is 0.222. The lowest BCUT2D eigenvalue weighted by atomic mass is 9.99. The monoisotopic (exact) mass is 315 g/mol. The van der Waals surface area contributed by atoms with Crippen LogP contribution in [0, 0.1) is 0 Å². The Labute approximate surface area is 137 Å². The first-order valence-corrected chi connectivity index (χ1v) is 8.55. The van der Waals surface area contributed by atoms with Crippen LogP contribution in [0.5, 0.6) is 0 Å². The van der Waals surface area contributed by atoms with Gasteiger partial charge in [-0.2, -0.15) is 0 Å². The normalized spacial score (nSPS) is 19.9. The molecule has 1 aliphatic heterocycles. The number of carbonyl (C=O) groups excluding carboxylic acids is 2. The molecule has 5 nitrogen and oxygen atoms in total. The zero-order valence-electron chi connectivity index (χ0n) is 13.7. The predicted molar refractivity (Wildman–Crippen MR) is 88.9 cm³/mol. The molecule has 0 radical (unpaired) electrons. The zero-order chi connectivity index (χ0) is 16.2. The molecule has 5 heteroatoms. The van der Waals surface area contributed by atoms with Crippen LogP contribution in [0.2, 0.25) is 0 Å². The summed E-state index contributed by atoms with van der Waals surface area (Å²) in [6.07, 6.45) is 5.28. The van der Waals surface area contributed by atoms with E-state index >= 15 is 0 Å². The molecule has 1 heterocycles. The van der Waals surface area contributed by atoms with Crippen LogP contribution in [0.15, 0.2) is 24.3 Å². The Morgan fingerprint density at radius 3 is 2.61 bits per heavy atom. The van der Waals surface area contributed by atoms with Crippen LogP contribution < -0.4 is 10.6 Å². The molecule has 1 fully saturated rings. The van der Waals surface area contributed by atoms with Crippen molar-refractivity contribution in [3.05, 3.63) is 35.4 Å². The summed E-state index contributed by atoms with van der Waals surface area (Å²) in [6.45, 7) is 3.47. The third-order valence-corrected chi connectivity index (χ3v) is 5.01. The minimum Gasteiger partial charge on any atom is -0.335 e. The second kappa shape index (κ2) is 7.13. The van der Waals surface area contributed by atoms with Gasteiger partial charge in [-0.15, -0.1) is 0 Å². The van der Waals surface area contributed by atoms with Gasteiger partial charge in [-0.05, 0) is 37.3 Å². The zero-order valence-corrected chi connectivity index (χ0v) is 13.7. The Kier molecular flexibility index (Phi) is 4.96. The summed E-state index contributed by atoms with van der Waals surface area (Å²) in [4.78, 5) is 26.4. The van der Waals surface area contributed by atoms with Crippen molar-refractivity contribution in [2.45, 2.75) is 57.7 Å². The molecule has 0 spiro atoms. The molecule has 1 saturated carbocycles. The van der Waals surface area contributed by atoms with E-state index in [0.29, 0.717) is 0 Å². The quantitative estimate of drug-likeness (QED) is 0.899. The Morgan fingerprint density at radius 1 is 1.17 bits per heavy atom. The number of amides is 3. The van der Waals surface area contributed by atoms with Crippen LogP contribution in [0.25, 0.3) is 0 Å². The summed E-state index contributed by atoms with van der Waals surface area (Å²) < 4.78 is 0. The first-order valence-electron chi connectivity index (χ1n) is 8.55. The number of nitrogens with zero attached hydrogens (tertiary/aromatic N) is 1. The topological polar surface area (TPSA) is 61.4 Å². The summed E-state index contributed by atoms with van der Waals surface area (Å²) in [5.74, 6) is -0.222. The highest BCUT2D eigenvalue weighted by molar-refractivity contribution is 5.96. The lowest BCUT2D eigenvalue weighted by Crippen LogP contribution is -2.51. The first-order chi connectivity index (χ1) is 11.1. The van der Waals surface area contributed by atoms with Gasteiger partial charge in [-0.1, -0.05) is 37.1 Å². The summed E-state index contributed by atoms with van der Waals surface area (Å²) in [7, 11) is 0. The number of rotatable bonds is 3. The molecule has 1 aromatic rings. The van der Waals surface area contributed by atoms with Crippen molar-refractivity contribution in [3.8, 4) is 0 Å². The molecule has 3 rings (SSSR count). The van der Waals surface area contributed by atoms with E-state index in [9.17, 15) is 9.59 Å². The van der Waals surface area contributed by atoms with Crippen LogP contribution in [-0.4, -0.2) is 35.5 Å². The number of hydrogen-bond acceptors (Lipinski definition) is 3. The van der Waals surface area contributed by atoms with Crippen molar-refractivity contribution in [1.82, 2.24) is 15.5 Å². The van der Waals surface area contributed by atoms with Gasteiger partial charge in [0.15, 0.2) is 0 Å². The van der Waals surface area contributed by atoms with Crippen molar-refractivity contribution in [2.75, 3.05) is 6.54 Å². The highest BCUT2D eigenvalue weighted by atomic mass is 16.2. The van der Waals surface area contributed by atoms with Crippen molar-refractivity contribution < 1.29 is 9.59 Å². The highest BCUT2D eigenvalue weighted by Gasteiger charge is 2.27. The predicted octanol–water partition coefficient (Wildman–Crippen LogP) is 2.20. The molecule has 0 saturated heterocycles. The van der Waals surface area contributed by atoms with Crippen molar-refractivity contribution in [2.24, 2.45) is 0 Å². The standard InChI is InChI=1S/C18H25N3O2/c1-13(17(22)20-18(23)19-16-8-4-5-9-16)21-11-10-14-6-2-3-7-15(14)12-21/h2-3,6-7,13,16H,4-5,8-12H2,1H3,(H2,19,20,22,23). The number of imide groups is 1. The van der Waals surface area contributed by atoms with Crippen molar-refractivity contribution in [3.63, 3.8) is 0 Å². The largest absolute Gasteiger partial charge is 0.335 e. The third-order valence-electron chi connectivity index (χ3n) is 5.01. The average Bonchev–Trinajstić information content (AvgIpc) is 3.06. The number of fused-ring (bicyclic) bond motifs is 1. The van der Waals surface area contributed by atoms with Gasteiger partial charge in [0, 0.05) is 19.1 Å². The van der Waals surface area contributed by atoms with Crippen LogP contribution >= 0.6 is 0 Å². The van der Waals surface area contributed by atoms with E-state index in [2.05, 4.69) is 33.7 Å². The number of nitrogens with one attached hydrogen (secondary N) is 2. The molecule has 0 bridgehead atoms. The van der Waals surface area contributed by atoms with Crippen LogP contribution in [-0.2, 0) is 17.8 Å². The Bertz CT molecular complexity index is 581. The maximum Gasteiger partial charge on any atom is 0.321 e. The van der Waals surface area contributed by atoms with E-state index in [1.54, 1.807) is 0 Å². The maximum absolute atomic E-state index is 12.3. The van der Waals surface area contributed by atoms with Gasteiger partial charge in [-0.3, -0.25) is 15.0 Å². The van der Waals surface area contributed by atoms with Crippen molar-refractivity contribution >= 4 is 11.9 Å². The lowest BCUT2D eigenvalue weighted by Gasteiger charge is -2.32. The van der Waals surface area contributed by atoms with E-state index in [1.807, 2.05) is 13.0 Å². The number of urea groups is 1. The smallest absolute Gasteiger partial charge is 0.321 e. The lowest BCUT2D eigenvalue weighted by molar-refractivity contribution is -0.125. The molecule has 0 aromatic heterocycles. The Balaban J connectivity index is 1.52. The third kappa shape index (κ3) is 3.91. The Morgan fingerprint density at radius 2 is 1.87 bits per heavy atom. The molecule has 1 aromatic carbocycles. The molecular formula is C18H25N3O2. The van der Waals surface area contributed by atoms with Gasteiger partial charge in [0.25, 0.3) is 0 Å². The van der Waals surface area contributed by atoms with E-state index < -0.39 is 0 Å². The molecule has 3 amide bonds. The fourth-order valence-corrected chi connectivity index (χ4v) is 3.52. The number of benzene rings is 1. The molecule has 2 aliphatic rings. The molecular weight excluding hydrogens is 290 g/mol. The molecule has 1 atom stereocenters. The van der Waals surface area contributed by atoms with Gasteiger partial charge >= 0.3 is 6.03 Å². The van der Waals surface area contributed by atoms with Crippen LogP contribution in [0.3, 0.4) is 0 Å². The minimum atomic E-state index is -0.355. The first kappa shape index (κ1) is 16.0. The summed E-state index contributed by atoms with van der Waals surface area (Å²) in [5.41, 5.74) is 2.63. The van der Waals surface area contributed by atoms with Gasteiger partial charge in [0.1, 0.15) is 0 Å².